The van der Waals surface area contributed by atoms with Gasteiger partial charge >= 0.3 is 0 Å². The van der Waals surface area contributed by atoms with Gasteiger partial charge in [-0.05, 0) is 0 Å². The molecule has 0 bridgehead atoms. The second kappa shape index (κ2) is 7.33. The van der Waals surface area contributed by atoms with Gasteiger partial charge in [-0.15, -0.1) is 0 Å². The lowest BCUT2D eigenvalue weighted by molar-refractivity contribution is -0.366. The highest BCUT2D eigenvalue weighted by Gasteiger charge is 1.95. The van der Waals surface area contributed by atoms with Crippen molar-refractivity contribution >= 4 is 19.2 Å². The van der Waals surface area contributed by atoms with Crippen LogP contribution in [0.25, 0.3) is 0 Å². The quantitative estimate of drug-likeness (QED) is 0.407. The van der Waals surface area contributed by atoms with Gasteiger partial charge in [0.15, 0.2) is 0 Å². The predicted octanol–water partition coefficient (Wildman–Crippen LogP) is -1.59. The summed E-state index contributed by atoms with van der Waals surface area (Å²) in [5, 5.41) is 16.6. The summed E-state index contributed by atoms with van der Waals surface area (Å²) >= 11 is 1.97. The van der Waals surface area contributed by atoms with Crippen LogP contribution in [0.5, 0.6) is 0 Å². The van der Waals surface area contributed by atoms with Gasteiger partial charge in [-0.3, -0.25) is 0 Å². The van der Waals surface area contributed by atoms with Crippen LogP contribution in [0.2, 0.25) is 0 Å². The Kier molecular flexibility index (Phi) is 7.50. The minimum absolute atomic E-state index is 0.963. The molecule has 1 saturated heterocycles. The third-order valence-electron chi connectivity index (χ3n) is 0.744. The molecule has 0 aromatic carbocycles. The average molecular weight is 166 g/mol. The topological polar surface area (TPSA) is 55.3 Å². The van der Waals surface area contributed by atoms with E-state index in [1.165, 1.54) is 11.5 Å². The summed E-state index contributed by atoms with van der Waals surface area (Å²) in [4.78, 5) is 0. The summed E-state index contributed by atoms with van der Waals surface area (Å²) in [6.45, 7) is 1.93. The van der Waals surface area contributed by atoms with E-state index in [1.807, 2.05) is 11.8 Å². The largest absolute Gasteiger partial charge is 0.867 e. The maximum Gasteiger partial charge on any atom is 0.121 e. The number of thioether (sulfide) groups is 1. The highest BCUT2D eigenvalue weighted by atomic mass is 32.2. The van der Waals surface area contributed by atoms with E-state index in [2.05, 4.69) is 0 Å². The normalized spacial score (nSPS) is 17.1. The highest BCUT2D eigenvalue weighted by Crippen LogP contribution is 2.03. The van der Waals surface area contributed by atoms with Crippen molar-refractivity contribution in [2.24, 2.45) is 0 Å². The summed E-state index contributed by atoms with van der Waals surface area (Å²) in [6, 6.07) is 0. The van der Waals surface area contributed by atoms with Crippen LogP contribution in [0.15, 0.2) is 0 Å². The van der Waals surface area contributed by atoms with Crippen molar-refractivity contribution < 1.29 is 19.1 Å². The van der Waals surface area contributed by atoms with Crippen molar-refractivity contribution in [1.82, 2.24) is 0 Å². The SMILES string of the molecule is C1CSCCO1.[O-]B([O-])F. The number of halogens is 1. The molecule has 0 aliphatic carbocycles. The molecule has 0 aromatic rings. The molecular formula is C4H8BFO3S-2. The predicted molar refractivity (Wildman–Crippen MR) is 35.0 cm³/mol. The van der Waals surface area contributed by atoms with Crippen LogP contribution in [0, 0.1) is 0 Å². The van der Waals surface area contributed by atoms with Crippen LogP contribution in [0.1, 0.15) is 0 Å². The fourth-order valence-electron chi connectivity index (χ4n) is 0.440. The Balaban J connectivity index is 0.000000180. The fourth-order valence-corrected chi connectivity index (χ4v) is 1.12. The monoisotopic (exact) mass is 166 g/mol. The van der Waals surface area contributed by atoms with Crippen LogP contribution in [0.3, 0.4) is 0 Å². The zero-order chi connectivity index (χ0) is 7.82. The molecule has 1 aliphatic heterocycles. The molecule has 0 saturated carbocycles. The third-order valence-corrected chi connectivity index (χ3v) is 1.65. The van der Waals surface area contributed by atoms with E-state index >= 15 is 0 Å². The maximum absolute atomic E-state index is 9.89. The summed E-state index contributed by atoms with van der Waals surface area (Å²) in [7, 11) is -3.17. The molecule has 3 nitrogen and oxygen atoms in total. The second-order valence-corrected chi connectivity index (χ2v) is 2.72. The van der Waals surface area contributed by atoms with Gasteiger partial charge in [0.1, 0.15) is 7.40 Å². The number of ether oxygens (including phenoxy) is 1. The first-order valence-corrected chi connectivity index (χ1v) is 4.00. The molecule has 6 heteroatoms. The lowest BCUT2D eigenvalue weighted by Crippen LogP contribution is -2.39. The van der Waals surface area contributed by atoms with Crippen molar-refractivity contribution in [2.75, 3.05) is 24.7 Å². The molecule has 1 heterocycles. The molecule has 0 radical (unpaired) electrons. The molecule has 0 amide bonds. The molecule has 0 unspecified atom stereocenters. The first kappa shape index (κ1) is 10.2. The zero-order valence-corrected chi connectivity index (χ0v) is 6.23. The summed E-state index contributed by atoms with van der Waals surface area (Å²) in [5.41, 5.74) is 0. The third kappa shape index (κ3) is 11.1. The second-order valence-electron chi connectivity index (χ2n) is 1.50. The van der Waals surface area contributed by atoms with E-state index in [4.69, 9.17) is 14.8 Å². The Morgan fingerprint density at radius 2 is 1.70 bits per heavy atom. The molecule has 0 aromatic heterocycles. The molecule has 1 fully saturated rings. The average Bonchev–Trinajstić information content (AvgIpc) is 1.90. The van der Waals surface area contributed by atoms with E-state index in [1.54, 1.807) is 0 Å². The summed E-state index contributed by atoms with van der Waals surface area (Å²) in [6.07, 6.45) is 0. The molecule has 60 valence electrons. The van der Waals surface area contributed by atoms with Gasteiger partial charge in [0.05, 0.1) is 13.2 Å². The van der Waals surface area contributed by atoms with E-state index < -0.39 is 7.40 Å². The first-order valence-electron chi connectivity index (χ1n) is 2.84. The van der Waals surface area contributed by atoms with Crippen molar-refractivity contribution in [3.8, 4) is 0 Å². The van der Waals surface area contributed by atoms with Crippen LogP contribution < -0.4 is 10.0 Å². The molecule has 0 N–H and O–H groups in total. The van der Waals surface area contributed by atoms with Crippen molar-refractivity contribution in [3.63, 3.8) is 0 Å². The molecule has 1 aliphatic rings. The first-order chi connectivity index (χ1) is 4.73. The van der Waals surface area contributed by atoms with Crippen molar-refractivity contribution in [3.05, 3.63) is 0 Å². The minimum atomic E-state index is -3.17. The number of rotatable bonds is 0. The highest BCUT2D eigenvalue weighted by molar-refractivity contribution is 7.99. The summed E-state index contributed by atoms with van der Waals surface area (Å²) in [5.74, 6) is 2.39. The lowest BCUT2D eigenvalue weighted by Gasteiger charge is -2.09. The minimum Gasteiger partial charge on any atom is -0.867 e. The molecular weight excluding hydrogens is 158 g/mol. The van der Waals surface area contributed by atoms with E-state index in [-0.39, 0.29) is 0 Å². The Bertz CT molecular complexity index is 57.3. The Morgan fingerprint density at radius 1 is 1.30 bits per heavy atom. The maximum atomic E-state index is 9.89. The standard InChI is InChI=1S/C4H8OS.BFO2/c1-3-6-4-2-5-1;2-1(3)4/h1-4H2;/q;-2. The number of hydrogen-bond acceptors (Lipinski definition) is 4. The lowest BCUT2D eigenvalue weighted by atomic mass is 10.3. The van der Waals surface area contributed by atoms with Crippen molar-refractivity contribution in [1.29, 1.82) is 0 Å². The molecule has 0 atom stereocenters. The van der Waals surface area contributed by atoms with Gasteiger partial charge in [-0.25, -0.2) is 0 Å². The van der Waals surface area contributed by atoms with Crippen LogP contribution in [0.4, 0.5) is 4.32 Å². The van der Waals surface area contributed by atoms with Crippen LogP contribution in [-0.2, 0) is 4.74 Å². The summed E-state index contributed by atoms with van der Waals surface area (Å²) < 4.78 is 14.9. The molecule has 10 heavy (non-hydrogen) atoms. The van der Waals surface area contributed by atoms with E-state index in [9.17, 15) is 4.32 Å². The van der Waals surface area contributed by atoms with E-state index in [0.717, 1.165) is 13.2 Å². The number of hydrogen-bond donors (Lipinski definition) is 0. The van der Waals surface area contributed by atoms with Gasteiger partial charge in [-0.1, -0.05) is 0 Å². The van der Waals surface area contributed by atoms with Gasteiger partial charge in [0, 0.05) is 11.5 Å². The Morgan fingerprint density at radius 3 is 1.80 bits per heavy atom. The zero-order valence-electron chi connectivity index (χ0n) is 5.42. The smallest absolute Gasteiger partial charge is 0.121 e. The molecule has 0 spiro atoms. The van der Waals surface area contributed by atoms with Gasteiger partial charge in [0.25, 0.3) is 0 Å². The van der Waals surface area contributed by atoms with Crippen molar-refractivity contribution in [2.45, 2.75) is 0 Å². The van der Waals surface area contributed by atoms with Gasteiger partial charge in [-0.2, -0.15) is 11.8 Å². The van der Waals surface area contributed by atoms with Crippen LogP contribution >= 0.6 is 11.8 Å². The molecule has 1 rings (SSSR count). The Hall–Kier alpha value is 0.225. The van der Waals surface area contributed by atoms with Crippen LogP contribution in [-0.4, -0.2) is 32.1 Å². The van der Waals surface area contributed by atoms with Gasteiger partial charge in [0.2, 0.25) is 0 Å². The Labute approximate surface area is 63.8 Å². The van der Waals surface area contributed by atoms with Gasteiger partial charge < -0.3 is 19.1 Å². The van der Waals surface area contributed by atoms with E-state index in [0.29, 0.717) is 0 Å². The fraction of sp³-hybridized carbons (Fsp3) is 1.00.